The van der Waals surface area contributed by atoms with E-state index in [2.05, 4.69) is 0 Å². The van der Waals surface area contributed by atoms with Crippen molar-refractivity contribution < 1.29 is 9.18 Å². The average molecular weight is 264 g/mol. The molecule has 2 nitrogen and oxygen atoms in total. The lowest BCUT2D eigenvalue weighted by atomic mass is 9.98. The molecule has 2 N–H and O–H groups in total. The molecule has 0 heterocycles. The van der Waals surface area contributed by atoms with Gasteiger partial charge in [0.15, 0.2) is 5.78 Å². The Kier molecular flexibility index (Phi) is 3.34. The van der Waals surface area contributed by atoms with Gasteiger partial charge in [0.2, 0.25) is 0 Å². The highest BCUT2D eigenvalue weighted by Crippen LogP contribution is 2.22. The fourth-order valence-corrected chi connectivity index (χ4v) is 1.90. The first-order valence-electron chi connectivity index (χ1n) is 5.35. The van der Waals surface area contributed by atoms with Gasteiger partial charge in [-0.05, 0) is 42.8 Å². The molecule has 92 valence electrons. The van der Waals surface area contributed by atoms with Gasteiger partial charge in [-0.15, -0.1) is 0 Å². The van der Waals surface area contributed by atoms with Gasteiger partial charge in [-0.3, -0.25) is 4.79 Å². The molecule has 0 aliphatic carbocycles. The molecule has 0 unspecified atom stereocenters. The van der Waals surface area contributed by atoms with Crippen LogP contribution in [0.3, 0.4) is 0 Å². The van der Waals surface area contributed by atoms with Gasteiger partial charge in [0.1, 0.15) is 5.82 Å². The maximum absolute atomic E-state index is 13.2. The highest BCUT2D eigenvalue weighted by atomic mass is 35.5. The number of hydrogen-bond donors (Lipinski definition) is 1. The summed E-state index contributed by atoms with van der Waals surface area (Å²) in [4.78, 5) is 12.3. The summed E-state index contributed by atoms with van der Waals surface area (Å²) in [7, 11) is 0. The summed E-state index contributed by atoms with van der Waals surface area (Å²) in [6.45, 7) is 1.75. The van der Waals surface area contributed by atoms with E-state index in [-0.39, 0.29) is 11.5 Å². The number of hydrogen-bond acceptors (Lipinski definition) is 2. The van der Waals surface area contributed by atoms with Crippen LogP contribution in [0, 0.1) is 12.7 Å². The fraction of sp³-hybridized carbons (Fsp3) is 0.0714. The molecule has 2 aromatic rings. The monoisotopic (exact) mass is 263 g/mol. The summed E-state index contributed by atoms with van der Waals surface area (Å²) < 4.78 is 13.2. The zero-order valence-electron chi connectivity index (χ0n) is 9.71. The van der Waals surface area contributed by atoms with Crippen LogP contribution in [0.2, 0.25) is 5.02 Å². The third-order valence-corrected chi connectivity index (χ3v) is 2.94. The highest BCUT2D eigenvalue weighted by Gasteiger charge is 2.15. The van der Waals surface area contributed by atoms with Crippen LogP contribution in [-0.2, 0) is 0 Å². The van der Waals surface area contributed by atoms with Gasteiger partial charge in [0.05, 0.1) is 0 Å². The lowest BCUT2D eigenvalue weighted by Gasteiger charge is -2.08. The Morgan fingerprint density at radius 1 is 1.17 bits per heavy atom. The summed E-state index contributed by atoms with van der Waals surface area (Å²) in [5.41, 5.74) is 7.38. The summed E-state index contributed by atoms with van der Waals surface area (Å²) >= 11 is 5.77. The first-order valence-corrected chi connectivity index (χ1v) is 5.72. The van der Waals surface area contributed by atoms with Crippen LogP contribution >= 0.6 is 11.6 Å². The third-order valence-electron chi connectivity index (χ3n) is 2.70. The van der Waals surface area contributed by atoms with Crippen LogP contribution in [-0.4, -0.2) is 5.78 Å². The zero-order chi connectivity index (χ0) is 13.3. The number of ketones is 1. The van der Waals surface area contributed by atoms with E-state index in [4.69, 9.17) is 17.3 Å². The molecule has 0 radical (unpaired) electrons. The molecule has 0 spiro atoms. The van der Waals surface area contributed by atoms with Crippen molar-refractivity contribution in [1.82, 2.24) is 0 Å². The maximum Gasteiger partial charge on any atom is 0.195 e. The summed E-state index contributed by atoms with van der Waals surface area (Å²) in [6.07, 6.45) is 0. The number of benzene rings is 2. The summed E-state index contributed by atoms with van der Waals surface area (Å²) in [5, 5.41) is 0.458. The Labute approximate surface area is 109 Å². The molecule has 2 rings (SSSR count). The Morgan fingerprint density at radius 2 is 1.89 bits per heavy atom. The molecule has 0 bridgehead atoms. The van der Waals surface area contributed by atoms with Gasteiger partial charge < -0.3 is 5.73 Å². The van der Waals surface area contributed by atoms with Gasteiger partial charge in [-0.1, -0.05) is 17.7 Å². The van der Waals surface area contributed by atoms with Gasteiger partial charge in [0, 0.05) is 21.8 Å². The van der Waals surface area contributed by atoms with E-state index in [1.165, 1.54) is 18.2 Å². The second-order valence-corrected chi connectivity index (χ2v) is 4.46. The molecule has 0 saturated heterocycles. The van der Waals surface area contributed by atoms with Crippen LogP contribution in [0.25, 0.3) is 0 Å². The van der Waals surface area contributed by atoms with Crippen LogP contribution in [0.15, 0.2) is 36.4 Å². The molecule has 0 aliphatic rings. The smallest absolute Gasteiger partial charge is 0.195 e. The van der Waals surface area contributed by atoms with Crippen molar-refractivity contribution in [2.75, 3.05) is 5.73 Å². The predicted molar refractivity (Wildman–Crippen MR) is 70.4 cm³/mol. The molecule has 0 aliphatic heterocycles. The predicted octanol–water partition coefficient (Wildman–Crippen LogP) is 3.60. The van der Waals surface area contributed by atoms with Crippen molar-refractivity contribution in [3.63, 3.8) is 0 Å². The fourth-order valence-electron chi connectivity index (χ4n) is 1.72. The first kappa shape index (κ1) is 12.6. The van der Waals surface area contributed by atoms with Crippen molar-refractivity contribution in [2.24, 2.45) is 0 Å². The standard InChI is InChI=1S/C14H11ClFNO/c1-8-2-4-10(16)7-12(8)14(18)11-5-3-9(15)6-13(11)17/h2-7H,17H2,1H3. The largest absolute Gasteiger partial charge is 0.398 e. The second kappa shape index (κ2) is 4.78. The van der Waals surface area contributed by atoms with E-state index in [0.717, 1.165) is 0 Å². The molecule has 0 fully saturated rings. The van der Waals surface area contributed by atoms with Crippen molar-refractivity contribution in [3.05, 3.63) is 63.9 Å². The molecule has 0 aromatic heterocycles. The summed E-state index contributed by atoms with van der Waals surface area (Å²) in [5.74, 6) is -0.752. The number of nitrogen functional groups attached to an aromatic ring is 1. The van der Waals surface area contributed by atoms with Crippen molar-refractivity contribution in [3.8, 4) is 0 Å². The SMILES string of the molecule is Cc1ccc(F)cc1C(=O)c1ccc(Cl)cc1N. The number of carbonyl (C=O) groups is 1. The number of aryl methyl sites for hydroxylation is 1. The van der Waals surface area contributed by atoms with E-state index < -0.39 is 5.82 Å². The Morgan fingerprint density at radius 3 is 2.56 bits per heavy atom. The topological polar surface area (TPSA) is 43.1 Å². The van der Waals surface area contributed by atoms with E-state index in [1.807, 2.05) is 0 Å². The van der Waals surface area contributed by atoms with Crippen LogP contribution in [0.4, 0.5) is 10.1 Å². The maximum atomic E-state index is 13.2. The van der Waals surface area contributed by atoms with E-state index in [9.17, 15) is 9.18 Å². The second-order valence-electron chi connectivity index (χ2n) is 4.02. The van der Waals surface area contributed by atoms with Crippen LogP contribution in [0.1, 0.15) is 21.5 Å². The molecule has 2 aromatic carbocycles. The minimum absolute atomic E-state index is 0.288. The van der Waals surface area contributed by atoms with E-state index in [0.29, 0.717) is 21.7 Å². The average Bonchev–Trinajstić information content (AvgIpc) is 2.31. The molecular weight excluding hydrogens is 253 g/mol. The van der Waals surface area contributed by atoms with Gasteiger partial charge in [-0.25, -0.2) is 4.39 Å². The van der Waals surface area contributed by atoms with Crippen LogP contribution < -0.4 is 5.73 Å². The highest BCUT2D eigenvalue weighted by molar-refractivity contribution is 6.31. The number of anilines is 1. The Bertz CT molecular complexity index is 625. The molecule has 0 atom stereocenters. The van der Waals surface area contributed by atoms with Crippen molar-refractivity contribution in [2.45, 2.75) is 6.92 Å². The number of carbonyl (C=O) groups excluding carboxylic acids is 1. The molecule has 0 saturated carbocycles. The first-order chi connectivity index (χ1) is 8.49. The summed E-state index contributed by atoms with van der Waals surface area (Å²) in [6, 6.07) is 8.73. The number of nitrogens with two attached hydrogens (primary N) is 1. The minimum atomic E-state index is -0.448. The van der Waals surface area contributed by atoms with E-state index >= 15 is 0 Å². The zero-order valence-corrected chi connectivity index (χ0v) is 10.5. The third kappa shape index (κ3) is 2.36. The molecule has 4 heteroatoms. The van der Waals surface area contributed by atoms with E-state index in [1.54, 1.807) is 25.1 Å². The molecule has 0 amide bonds. The van der Waals surface area contributed by atoms with Gasteiger partial charge >= 0.3 is 0 Å². The lowest BCUT2D eigenvalue weighted by molar-refractivity contribution is 0.103. The number of halogens is 2. The minimum Gasteiger partial charge on any atom is -0.398 e. The Balaban J connectivity index is 2.51. The van der Waals surface area contributed by atoms with Crippen molar-refractivity contribution in [1.29, 1.82) is 0 Å². The molecular formula is C14H11ClFNO. The van der Waals surface area contributed by atoms with Crippen LogP contribution in [0.5, 0.6) is 0 Å². The Hall–Kier alpha value is -1.87. The molecule has 18 heavy (non-hydrogen) atoms. The quantitative estimate of drug-likeness (QED) is 0.664. The number of rotatable bonds is 2. The normalized spacial score (nSPS) is 10.4. The van der Waals surface area contributed by atoms with Crippen molar-refractivity contribution >= 4 is 23.1 Å². The van der Waals surface area contributed by atoms with Gasteiger partial charge in [-0.2, -0.15) is 0 Å². The van der Waals surface area contributed by atoms with Gasteiger partial charge in [0.25, 0.3) is 0 Å². The lowest BCUT2D eigenvalue weighted by Crippen LogP contribution is -2.07.